The fourth-order valence-corrected chi connectivity index (χ4v) is 4.05. The van der Waals surface area contributed by atoms with Crippen LogP contribution < -0.4 is 20.5 Å². The van der Waals surface area contributed by atoms with Crippen molar-refractivity contribution in [1.29, 1.82) is 0 Å². The van der Waals surface area contributed by atoms with Gasteiger partial charge in [-0.15, -0.1) is 0 Å². The number of benzene rings is 1. The summed E-state index contributed by atoms with van der Waals surface area (Å²) in [5, 5.41) is 13.2. The summed E-state index contributed by atoms with van der Waals surface area (Å²) in [6.45, 7) is 6.23. The number of hydrogen-bond acceptors (Lipinski definition) is 6. The van der Waals surface area contributed by atoms with Gasteiger partial charge in [0.1, 0.15) is 5.41 Å². The Labute approximate surface area is 161 Å². The smallest absolute Gasteiger partial charge is 0.261 e. The lowest BCUT2D eigenvalue weighted by Crippen LogP contribution is -2.47. The summed E-state index contributed by atoms with van der Waals surface area (Å²) in [5.41, 5.74) is 2.90. The van der Waals surface area contributed by atoms with E-state index in [1.807, 2.05) is 49.5 Å². The highest BCUT2D eigenvalue weighted by atomic mass is 16.2. The second kappa shape index (κ2) is 6.06. The summed E-state index contributed by atoms with van der Waals surface area (Å²) in [7, 11) is 0. The molecule has 2 aromatic rings. The summed E-state index contributed by atoms with van der Waals surface area (Å²) in [4.78, 5) is 20.1. The largest absolute Gasteiger partial charge is 0.380 e. The zero-order chi connectivity index (χ0) is 18.4. The maximum atomic E-state index is 13.2. The highest BCUT2D eigenvalue weighted by molar-refractivity contribution is 6.28. The van der Waals surface area contributed by atoms with Gasteiger partial charge in [-0.2, -0.15) is 10.1 Å². The lowest BCUT2D eigenvalue weighted by Gasteiger charge is -2.35. The molecule has 142 valence electrons. The van der Waals surface area contributed by atoms with E-state index in [4.69, 9.17) is 5.10 Å². The number of nitrogens with one attached hydrogen (secondary N) is 2. The third-order valence-electron chi connectivity index (χ3n) is 5.61. The number of hydrogen-bond donors (Lipinski definition) is 2. The lowest BCUT2D eigenvalue weighted by molar-refractivity contribution is -0.122. The molecular weight excluding hydrogens is 340 g/mol. The molecule has 5 rings (SSSR count). The average molecular weight is 366 g/mol. The van der Waals surface area contributed by atoms with Gasteiger partial charge in [0.05, 0.1) is 17.1 Å². The number of carbonyl (C=O) groups is 1. The zero-order valence-electron chi connectivity index (χ0n) is 15.3. The van der Waals surface area contributed by atoms with Crippen LogP contribution in [0, 0.1) is 5.41 Å². The number of anilines is 3. The third kappa shape index (κ3) is 2.42. The van der Waals surface area contributed by atoms with Gasteiger partial charge in [-0.05, 0) is 25.1 Å². The number of rotatable bonds is 2. The molecule has 0 radical (unpaired) electrons. The first-order valence-electron chi connectivity index (χ1n) is 9.36. The van der Waals surface area contributed by atoms with Crippen molar-refractivity contribution in [2.45, 2.75) is 6.92 Å². The van der Waals surface area contributed by atoms with Crippen LogP contribution in [0.2, 0.25) is 0 Å². The van der Waals surface area contributed by atoms with Crippen molar-refractivity contribution in [3.63, 3.8) is 0 Å². The second-order valence-electron chi connectivity index (χ2n) is 7.38. The topological polar surface area (TPSA) is 72.9 Å². The Morgan fingerprint density at radius 2 is 1.93 bits per heavy atom. The molecule has 3 aliphatic rings. The molecule has 0 saturated carbocycles. The van der Waals surface area contributed by atoms with Gasteiger partial charge in [-0.25, -0.2) is 4.98 Å². The Kier molecular flexibility index (Phi) is 3.65. The predicted molar refractivity (Wildman–Crippen MR) is 111 cm³/mol. The van der Waals surface area contributed by atoms with Crippen LogP contribution in [-0.2, 0) is 4.79 Å². The molecular formula is C20H26N6O. The number of piperazine rings is 1. The minimum atomic E-state index is -0.676. The molecule has 3 aliphatic heterocycles. The Morgan fingerprint density at radius 3 is 2.70 bits per heavy atom. The number of pyridine rings is 1. The van der Waals surface area contributed by atoms with Crippen molar-refractivity contribution >= 4 is 28.8 Å². The summed E-state index contributed by atoms with van der Waals surface area (Å²) >= 11 is 0. The van der Waals surface area contributed by atoms with Crippen molar-refractivity contribution in [2.24, 2.45) is 10.5 Å². The lowest BCUT2D eigenvalue weighted by atomic mass is 9.78. The Bertz CT molecular complexity index is 932. The van der Waals surface area contributed by atoms with E-state index in [-0.39, 0.29) is 8.76 Å². The van der Waals surface area contributed by atoms with Crippen LogP contribution in [0.4, 0.5) is 17.2 Å². The van der Waals surface area contributed by atoms with Crippen LogP contribution in [0.25, 0.3) is 0 Å². The molecule has 1 unspecified atom stereocenters. The number of nitrogens with zero attached hydrogens (tertiary/aromatic N) is 4. The Balaban J connectivity index is 0.00000120. The van der Waals surface area contributed by atoms with E-state index in [1.165, 1.54) is 5.01 Å². The first kappa shape index (κ1) is 16.3. The number of amides is 1. The van der Waals surface area contributed by atoms with Crippen LogP contribution >= 0.6 is 0 Å². The van der Waals surface area contributed by atoms with E-state index in [1.54, 1.807) is 0 Å². The molecule has 0 bridgehead atoms. The van der Waals surface area contributed by atoms with E-state index in [2.05, 4.69) is 20.5 Å². The van der Waals surface area contributed by atoms with Crippen molar-refractivity contribution in [1.82, 2.24) is 10.3 Å². The molecule has 1 saturated heterocycles. The highest BCUT2D eigenvalue weighted by Crippen LogP contribution is 2.43. The molecule has 0 aliphatic carbocycles. The van der Waals surface area contributed by atoms with E-state index in [0.29, 0.717) is 6.54 Å². The first-order chi connectivity index (χ1) is 13.2. The fraction of sp³-hybridized carbons (Fsp3) is 0.350. The summed E-state index contributed by atoms with van der Waals surface area (Å²) < 4.78 is 0. The van der Waals surface area contributed by atoms with Crippen molar-refractivity contribution < 1.29 is 7.65 Å². The molecule has 1 amide bonds. The summed E-state index contributed by atoms with van der Waals surface area (Å²) in [6.07, 6.45) is 1.82. The molecule has 4 heterocycles. The van der Waals surface area contributed by atoms with Gasteiger partial charge >= 0.3 is 0 Å². The maximum Gasteiger partial charge on any atom is 0.261 e. The minimum Gasteiger partial charge on any atom is -0.380 e. The van der Waals surface area contributed by atoms with Gasteiger partial charge in [0.2, 0.25) is 0 Å². The van der Waals surface area contributed by atoms with Crippen LogP contribution in [0.1, 0.15) is 15.3 Å². The summed E-state index contributed by atoms with van der Waals surface area (Å²) in [6, 6.07) is 11.6. The van der Waals surface area contributed by atoms with E-state index in [9.17, 15) is 4.79 Å². The van der Waals surface area contributed by atoms with E-state index >= 15 is 0 Å². The van der Waals surface area contributed by atoms with Crippen LogP contribution in [-0.4, -0.2) is 49.3 Å². The number of fused-ring (bicyclic) bond motifs is 3. The quantitative estimate of drug-likeness (QED) is 0.852. The second-order valence-corrected chi connectivity index (χ2v) is 7.38. The van der Waals surface area contributed by atoms with Gasteiger partial charge in [-0.1, -0.05) is 18.2 Å². The van der Waals surface area contributed by atoms with Gasteiger partial charge in [-0.3, -0.25) is 4.79 Å². The number of hydrazone groups is 1. The normalized spacial score (nSPS) is 24.2. The fourth-order valence-electron chi connectivity index (χ4n) is 4.05. The number of carbonyl (C=O) groups excluding carboxylic acids is 1. The summed E-state index contributed by atoms with van der Waals surface area (Å²) in [5.74, 6) is 0.951. The standard InChI is InChI=1S/C20H22N6O.2H2/c1-20-13-23-16-15(7-8-22-18(16)25-11-9-21-10-12-25)17(20)24-26(19(20)27)14-5-3-2-4-6-14;;/h2-8,21,23H,9-13H2,1H3;2*1H. The van der Waals surface area contributed by atoms with Crippen molar-refractivity contribution in [2.75, 3.05) is 47.9 Å². The molecule has 1 aromatic carbocycles. The minimum absolute atomic E-state index is 0. The highest BCUT2D eigenvalue weighted by Gasteiger charge is 2.51. The molecule has 1 aromatic heterocycles. The zero-order valence-corrected chi connectivity index (χ0v) is 15.3. The molecule has 2 N–H and O–H groups in total. The van der Waals surface area contributed by atoms with Crippen molar-refractivity contribution in [3.05, 3.63) is 48.2 Å². The molecule has 1 fully saturated rings. The molecule has 27 heavy (non-hydrogen) atoms. The molecule has 0 spiro atoms. The maximum absolute atomic E-state index is 13.2. The van der Waals surface area contributed by atoms with E-state index < -0.39 is 5.41 Å². The van der Waals surface area contributed by atoms with Crippen LogP contribution in [0.15, 0.2) is 47.7 Å². The van der Waals surface area contributed by atoms with Gasteiger partial charge < -0.3 is 15.5 Å². The van der Waals surface area contributed by atoms with Crippen molar-refractivity contribution in [3.8, 4) is 0 Å². The Morgan fingerprint density at radius 1 is 1.15 bits per heavy atom. The van der Waals surface area contributed by atoms with Gasteiger partial charge in [0.15, 0.2) is 5.82 Å². The van der Waals surface area contributed by atoms with Gasteiger partial charge in [0.25, 0.3) is 5.91 Å². The van der Waals surface area contributed by atoms with Crippen LogP contribution in [0.3, 0.4) is 0 Å². The number of aromatic nitrogens is 1. The third-order valence-corrected chi connectivity index (χ3v) is 5.61. The predicted octanol–water partition coefficient (Wildman–Crippen LogP) is 2.17. The Hall–Kier alpha value is -2.93. The molecule has 7 nitrogen and oxygen atoms in total. The van der Waals surface area contributed by atoms with E-state index in [0.717, 1.165) is 54.6 Å². The average Bonchev–Trinajstić information content (AvgIpc) is 3.00. The van der Waals surface area contributed by atoms with Gasteiger partial charge in [0, 0.05) is 47.3 Å². The monoisotopic (exact) mass is 366 g/mol. The molecule has 1 atom stereocenters. The molecule has 7 heteroatoms. The number of para-hydroxylation sites is 1. The van der Waals surface area contributed by atoms with Crippen LogP contribution in [0.5, 0.6) is 0 Å². The SMILES string of the molecule is CC12CNc3c(ccnc3N3CCNCC3)C1=NN(c1ccccc1)C2=O.[HH].[HH]. The first-order valence-corrected chi connectivity index (χ1v) is 9.36.